The van der Waals surface area contributed by atoms with Crippen molar-refractivity contribution in [2.45, 2.75) is 16.3 Å². The van der Waals surface area contributed by atoms with Gasteiger partial charge in [-0.3, -0.25) is 9.11 Å². The highest BCUT2D eigenvalue weighted by Gasteiger charge is 2.22. The third kappa shape index (κ3) is 3.86. The molecule has 0 aromatic heterocycles. The minimum atomic E-state index is -4.73. The molecule has 3 rings (SSSR count). The Morgan fingerprint density at radius 3 is 2.12 bits per heavy atom. The molecule has 0 fully saturated rings. The van der Waals surface area contributed by atoms with Gasteiger partial charge in [0.25, 0.3) is 20.2 Å². The maximum atomic E-state index is 11.8. The third-order valence-corrected chi connectivity index (χ3v) is 5.52. The molecule has 136 valence electrons. The molecule has 0 amide bonds. The number of nitrogens with one attached hydrogen (secondary N) is 1. The van der Waals surface area contributed by atoms with Crippen LogP contribution in [0.4, 0.5) is 5.69 Å². The summed E-state index contributed by atoms with van der Waals surface area (Å²) >= 11 is 0. The van der Waals surface area contributed by atoms with Crippen molar-refractivity contribution in [1.82, 2.24) is 0 Å². The van der Waals surface area contributed by atoms with Crippen LogP contribution in [0.3, 0.4) is 0 Å². The zero-order valence-electron chi connectivity index (χ0n) is 13.3. The predicted octanol–water partition coefficient (Wildman–Crippen LogP) is 2.95. The van der Waals surface area contributed by atoms with E-state index in [-0.39, 0.29) is 10.8 Å². The van der Waals surface area contributed by atoms with Crippen LogP contribution in [0, 0.1) is 0 Å². The van der Waals surface area contributed by atoms with Gasteiger partial charge in [-0.1, -0.05) is 42.5 Å². The Balaban J connectivity index is 2.19. The molecule has 3 aromatic carbocycles. The minimum Gasteiger partial charge on any atom is -0.380 e. The zero-order valence-corrected chi connectivity index (χ0v) is 15.0. The van der Waals surface area contributed by atoms with Crippen LogP contribution < -0.4 is 5.32 Å². The van der Waals surface area contributed by atoms with E-state index in [0.29, 0.717) is 12.2 Å². The summed E-state index contributed by atoms with van der Waals surface area (Å²) in [6, 6.07) is 16.0. The lowest BCUT2D eigenvalue weighted by molar-refractivity contribution is 0.482. The summed E-state index contributed by atoms with van der Waals surface area (Å²) in [6.45, 7) is 0.394. The lowest BCUT2D eigenvalue weighted by atomic mass is 10.1. The van der Waals surface area contributed by atoms with E-state index in [1.807, 2.05) is 30.3 Å². The average Bonchev–Trinajstić information content (AvgIpc) is 2.58. The van der Waals surface area contributed by atoms with Gasteiger partial charge < -0.3 is 5.32 Å². The van der Waals surface area contributed by atoms with Crippen molar-refractivity contribution in [2.75, 3.05) is 5.32 Å². The van der Waals surface area contributed by atoms with Gasteiger partial charge in [-0.15, -0.1) is 0 Å². The fraction of sp³-hybridized carbons (Fsp3) is 0.0588. The monoisotopic (exact) mass is 393 g/mol. The molecule has 0 aliphatic carbocycles. The van der Waals surface area contributed by atoms with Gasteiger partial charge in [-0.05, 0) is 29.1 Å². The Morgan fingerprint density at radius 1 is 0.808 bits per heavy atom. The average molecular weight is 393 g/mol. The molecular formula is C17H15NO6S2. The van der Waals surface area contributed by atoms with E-state index in [1.165, 1.54) is 6.07 Å². The molecule has 0 heterocycles. The molecule has 0 unspecified atom stereocenters. The lowest BCUT2D eigenvalue weighted by Crippen LogP contribution is -2.07. The molecule has 0 saturated heterocycles. The van der Waals surface area contributed by atoms with Crippen molar-refractivity contribution in [2.24, 2.45) is 0 Å². The number of fused-ring (bicyclic) bond motifs is 1. The van der Waals surface area contributed by atoms with Crippen molar-refractivity contribution in [1.29, 1.82) is 0 Å². The molecule has 0 atom stereocenters. The normalized spacial score (nSPS) is 12.2. The SMILES string of the molecule is O=S(=O)(O)c1cc(S(=O)(=O)O)c2c(NCc3ccccc3)cccc2c1. The first-order valence-electron chi connectivity index (χ1n) is 7.46. The van der Waals surface area contributed by atoms with Crippen LogP contribution >= 0.6 is 0 Å². The summed E-state index contributed by atoms with van der Waals surface area (Å²) in [5, 5.41) is 3.47. The molecule has 0 aliphatic heterocycles. The molecule has 0 spiro atoms. The molecule has 26 heavy (non-hydrogen) atoms. The van der Waals surface area contributed by atoms with E-state index in [1.54, 1.807) is 12.1 Å². The minimum absolute atomic E-state index is 0.137. The van der Waals surface area contributed by atoms with Crippen molar-refractivity contribution in [3.05, 3.63) is 66.2 Å². The van der Waals surface area contributed by atoms with Gasteiger partial charge in [0.2, 0.25) is 0 Å². The molecule has 9 heteroatoms. The van der Waals surface area contributed by atoms with E-state index in [9.17, 15) is 25.9 Å². The highest BCUT2D eigenvalue weighted by Crippen LogP contribution is 2.33. The molecule has 0 bridgehead atoms. The number of hydrogen-bond donors (Lipinski definition) is 3. The summed E-state index contributed by atoms with van der Waals surface area (Å²) in [5.74, 6) is 0. The number of anilines is 1. The maximum Gasteiger partial charge on any atom is 0.295 e. The topological polar surface area (TPSA) is 121 Å². The van der Waals surface area contributed by atoms with Gasteiger partial charge in [0.1, 0.15) is 4.90 Å². The molecular weight excluding hydrogens is 378 g/mol. The molecule has 3 aromatic rings. The fourth-order valence-corrected chi connectivity index (χ4v) is 4.03. The Kier molecular flexibility index (Phi) is 4.72. The smallest absolute Gasteiger partial charge is 0.295 e. The zero-order chi connectivity index (χ0) is 18.9. The highest BCUT2D eigenvalue weighted by atomic mass is 32.2. The van der Waals surface area contributed by atoms with E-state index >= 15 is 0 Å². The predicted molar refractivity (Wildman–Crippen MR) is 97.3 cm³/mol. The van der Waals surface area contributed by atoms with Crippen LogP contribution in [0.1, 0.15) is 5.56 Å². The van der Waals surface area contributed by atoms with E-state index in [4.69, 9.17) is 0 Å². The molecule has 7 nitrogen and oxygen atoms in total. The van der Waals surface area contributed by atoms with Crippen molar-refractivity contribution < 1.29 is 25.9 Å². The molecule has 0 saturated carbocycles. The Hall–Kier alpha value is -2.46. The first kappa shape index (κ1) is 18.3. The summed E-state index contributed by atoms with van der Waals surface area (Å²) < 4.78 is 65.2. The van der Waals surface area contributed by atoms with Crippen LogP contribution in [-0.4, -0.2) is 25.9 Å². The largest absolute Gasteiger partial charge is 0.380 e. The van der Waals surface area contributed by atoms with Gasteiger partial charge >= 0.3 is 0 Å². The lowest BCUT2D eigenvalue weighted by Gasteiger charge is -2.13. The first-order chi connectivity index (χ1) is 12.2. The van der Waals surface area contributed by atoms with E-state index in [0.717, 1.165) is 17.7 Å². The summed E-state index contributed by atoms with van der Waals surface area (Å²) in [7, 11) is -9.37. The summed E-state index contributed by atoms with van der Waals surface area (Å²) in [6.07, 6.45) is 0. The molecule has 3 N–H and O–H groups in total. The standard InChI is InChI=1S/C17H15NO6S2/c19-25(20,21)14-9-13-7-4-8-15(17(13)16(10-14)26(22,23)24)18-11-12-5-2-1-3-6-12/h1-10,18H,11H2,(H,19,20,21)(H,22,23,24). The van der Waals surface area contributed by atoms with E-state index < -0.39 is 30.0 Å². The number of rotatable bonds is 5. The third-order valence-electron chi connectivity index (χ3n) is 3.82. The summed E-state index contributed by atoms with van der Waals surface area (Å²) in [4.78, 5) is -1.21. The second-order valence-corrected chi connectivity index (χ2v) is 8.43. The number of benzene rings is 3. The Bertz CT molecular complexity index is 1170. The quantitative estimate of drug-likeness (QED) is 0.570. The van der Waals surface area contributed by atoms with Crippen LogP contribution in [0.25, 0.3) is 10.8 Å². The van der Waals surface area contributed by atoms with Crippen LogP contribution in [0.5, 0.6) is 0 Å². The highest BCUT2D eigenvalue weighted by molar-refractivity contribution is 7.86. The maximum absolute atomic E-state index is 11.8. The van der Waals surface area contributed by atoms with Gasteiger partial charge in [-0.2, -0.15) is 16.8 Å². The van der Waals surface area contributed by atoms with Crippen molar-refractivity contribution in [3.8, 4) is 0 Å². The van der Waals surface area contributed by atoms with Gasteiger partial charge in [0.15, 0.2) is 0 Å². The van der Waals surface area contributed by atoms with Crippen LogP contribution in [0.15, 0.2) is 70.5 Å². The summed E-state index contributed by atoms with van der Waals surface area (Å²) in [5.41, 5.74) is 1.35. The second kappa shape index (κ2) is 6.69. The van der Waals surface area contributed by atoms with Gasteiger partial charge in [0.05, 0.1) is 4.90 Å². The molecule has 0 radical (unpaired) electrons. The Morgan fingerprint density at radius 2 is 1.50 bits per heavy atom. The molecule has 0 aliphatic rings. The van der Waals surface area contributed by atoms with E-state index in [2.05, 4.69) is 5.32 Å². The van der Waals surface area contributed by atoms with Crippen molar-refractivity contribution >= 4 is 36.7 Å². The van der Waals surface area contributed by atoms with Crippen LogP contribution in [-0.2, 0) is 26.8 Å². The van der Waals surface area contributed by atoms with Gasteiger partial charge in [0, 0.05) is 17.6 Å². The van der Waals surface area contributed by atoms with Gasteiger partial charge in [-0.25, -0.2) is 0 Å². The number of hydrogen-bond acceptors (Lipinski definition) is 5. The second-order valence-electron chi connectivity index (χ2n) is 5.61. The van der Waals surface area contributed by atoms with Crippen molar-refractivity contribution in [3.63, 3.8) is 0 Å². The Labute approximate surface area is 150 Å². The fourth-order valence-electron chi connectivity index (χ4n) is 2.65. The van der Waals surface area contributed by atoms with Crippen LogP contribution in [0.2, 0.25) is 0 Å². The first-order valence-corrected chi connectivity index (χ1v) is 10.3.